The molecule has 0 saturated heterocycles. The van der Waals surface area contributed by atoms with Gasteiger partial charge in [-0.05, 0) is 30.2 Å². The van der Waals surface area contributed by atoms with Gasteiger partial charge in [0.1, 0.15) is 5.75 Å². The Kier molecular flexibility index (Phi) is 6.71. The molecule has 0 unspecified atom stereocenters. The van der Waals surface area contributed by atoms with E-state index in [4.69, 9.17) is 15.6 Å². The zero-order chi connectivity index (χ0) is 15.2. The highest BCUT2D eigenvalue weighted by Crippen LogP contribution is 2.28. The molecule has 0 bridgehead atoms. The Labute approximate surface area is 133 Å². The highest BCUT2D eigenvalue weighted by molar-refractivity contribution is 5.85. The predicted octanol–water partition coefficient (Wildman–Crippen LogP) is 2.07. The number of rotatable bonds is 6. The SMILES string of the molecule is Cl.N[C@H](CO)Cc1ccc(Oc2ncccc2[N+](=O)[O-])cc1. The first-order valence-corrected chi connectivity index (χ1v) is 6.33. The molecular formula is C14H16ClN3O4. The third kappa shape index (κ3) is 4.66. The zero-order valence-corrected chi connectivity index (χ0v) is 12.4. The molecule has 0 radical (unpaired) electrons. The number of halogens is 1. The number of aliphatic hydroxyl groups excluding tert-OH is 1. The van der Waals surface area contributed by atoms with Gasteiger partial charge in [-0.2, -0.15) is 0 Å². The van der Waals surface area contributed by atoms with Crippen molar-refractivity contribution in [2.45, 2.75) is 12.5 Å². The van der Waals surface area contributed by atoms with Gasteiger partial charge >= 0.3 is 5.69 Å². The van der Waals surface area contributed by atoms with E-state index in [1.165, 1.54) is 18.3 Å². The van der Waals surface area contributed by atoms with Gasteiger partial charge in [-0.3, -0.25) is 10.1 Å². The smallest absolute Gasteiger partial charge is 0.331 e. The maximum absolute atomic E-state index is 10.9. The Hall–Kier alpha value is -2.22. The standard InChI is InChI=1S/C14H15N3O4.ClH/c15-11(9-18)8-10-3-5-12(6-4-10)21-14-13(17(19)20)2-1-7-16-14;/h1-7,11,18H,8-9,15H2;1H/t11-;/m0./s1. The van der Waals surface area contributed by atoms with Gasteiger partial charge < -0.3 is 15.6 Å². The Bertz CT molecular complexity index is 622. The van der Waals surface area contributed by atoms with E-state index < -0.39 is 4.92 Å². The van der Waals surface area contributed by atoms with Crippen LogP contribution in [0.5, 0.6) is 11.6 Å². The summed E-state index contributed by atoms with van der Waals surface area (Å²) in [6.45, 7) is -0.0849. The molecule has 0 fully saturated rings. The van der Waals surface area contributed by atoms with Crippen molar-refractivity contribution in [3.8, 4) is 11.6 Å². The number of nitro groups is 1. The van der Waals surface area contributed by atoms with Gasteiger partial charge in [0.25, 0.3) is 5.88 Å². The van der Waals surface area contributed by atoms with Gasteiger partial charge in [0, 0.05) is 18.3 Å². The molecule has 22 heavy (non-hydrogen) atoms. The molecule has 2 rings (SSSR count). The molecule has 0 spiro atoms. The van der Waals surface area contributed by atoms with Crippen molar-refractivity contribution in [3.63, 3.8) is 0 Å². The Morgan fingerprint density at radius 1 is 1.32 bits per heavy atom. The molecule has 1 heterocycles. The first kappa shape index (κ1) is 17.8. The second-order valence-corrected chi connectivity index (χ2v) is 4.48. The van der Waals surface area contributed by atoms with Crippen LogP contribution >= 0.6 is 12.4 Å². The molecule has 0 aliphatic heterocycles. The first-order chi connectivity index (χ1) is 10.1. The van der Waals surface area contributed by atoms with E-state index in [9.17, 15) is 10.1 Å². The fourth-order valence-corrected chi connectivity index (χ4v) is 1.77. The van der Waals surface area contributed by atoms with Gasteiger partial charge in [-0.15, -0.1) is 12.4 Å². The summed E-state index contributed by atoms with van der Waals surface area (Å²) >= 11 is 0. The van der Waals surface area contributed by atoms with Crippen molar-refractivity contribution in [3.05, 3.63) is 58.3 Å². The highest BCUT2D eigenvalue weighted by Gasteiger charge is 2.16. The maximum atomic E-state index is 10.9. The molecular weight excluding hydrogens is 310 g/mol. The fourth-order valence-electron chi connectivity index (χ4n) is 1.77. The van der Waals surface area contributed by atoms with Crippen LogP contribution in [-0.4, -0.2) is 27.7 Å². The maximum Gasteiger partial charge on any atom is 0.331 e. The summed E-state index contributed by atoms with van der Waals surface area (Å²) in [4.78, 5) is 14.2. The van der Waals surface area contributed by atoms with Gasteiger partial charge in [-0.25, -0.2) is 4.98 Å². The largest absolute Gasteiger partial charge is 0.434 e. The number of nitrogens with zero attached hydrogens (tertiary/aromatic N) is 2. The van der Waals surface area contributed by atoms with E-state index in [1.54, 1.807) is 24.3 Å². The molecule has 0 aliphatic rings. The van der Waals surface area contributed by atoms with E-state index in [2.05, 4.69) is 4.98 Å². The second kappa shape index (κ2) is 8.28. The zero-order valence-electron chi connectivity index (χ0n) is 11.6. The Morgan fingerprint density at radius 3 is 2.59 bits per heavy atom. The van der Waals surface area contributed by atoms with Crippen LogP contribution in [0.3, 0.4) is 0 Å². The summed E-state index contributed by atoms with van der Waals surface area (Å²) in [6, 6.07) is 9.43. The van der Waals surface area contributed by atoms with Gasteiger partial charge in [0.05, 0.1) is 11.5 Å². The average Bonchev–Trinajstić information content (AvgIpc) is 2.49. The predicted molar refractivity (Wildman–Crippen MR) is 83.4 cm³/mol. The first-order valence-electron chi connectivity index (χ1n) is 6.33. The minimum Gasteiger partial charge on any atom is -0.434 e. The summed E-state index contributed by atoms with van der Waals surface area (Å²) in [5.41, 5.74) is 6.41. The molecule has 0 aliphatic carbocycles. The molecule has 0 saturated carbocycles. The molecule has 8 heteroatoms. The summed E-state index contributed by atoms with van der Waals surface area (Å²) < 4.78 is 5.42. The van der Waals surface area contributed by atoms with Crippen molar-refractivity contribution in [2.75, 3.05) is 6.61 Å². The van der Waals surface area contributed by atoms with E-state index in [0.717, 1.165) is 5.56 Å². The van der Waals surface area contributed by atoms with Gasteiger partial charge in [-0.1, -0.05) is 12.1 Å². The monoisotopic (exact) mass is 325 g/mol. The lowest BCUT2D eigenvalue weighted by Gasteiger charge is -2.09. The highest BCUT2D eigenvalue weighted by atomic mass is 35.5. The van der Waals surface area contributed by atoms with Crippen molar-refractivity contribution in [2.24, 2.45) is 5.73 Å². The van der Waals surface area contributed by atoms with E-state index in [0.29, 0.717) is 12.2 Å². The van der Waals surface area contributed by atoms with Crippen LogP contribution in [0.15, 0.2) is 42.6 Å². The normalized spacial score (nSPS) is 11.4. The summed E-state index contributed by atoms with van der Waals surface area (Å²) in [5.74, 6) is 0.389. The van der Waals surface area contributed by atoms with Gasteiger partial charge in [0.2, 0.25) is 0 Å². The van der Waals surface area contributed by atoms with Crippen molar-refractivity contribution in [1.82, 2.24) is 4.98 Å². The average molecular weight is 326 g/mol. The van der Waals surface area contributed by atoms with Crippen molar-refractivity contribution in [1.29, 1.82) is 0 Å². The molecule has 1 aromatic heterocycles. The number of hydrogen-bond acceptors (Lipinski definition) is 6. The number of pyridine rings is 1. The van der Waals surface area contributed by atoms with Crippen LogP contribution in [0.2, 0.25) is 0 Å². The van der Waals surface area contributed by atoms with Crippen LogP contribution in [0.25, 0.3) is 0 Å². The van der Waals surface area contributed by atoms with Crippen LogP contribution in [0, 0.1) is 10.1 Å². The van der Waals surface area contributed by atoms with Crippen LogP contribution < -0.4 is 10.5 Å². The number of nitrogens with two attached hydrogens (primary N) is 1. The number of hydrogen-bond donors (Lipinski definition) is 2. The van der Waals surface area contributed by atoms with Crippen LogP contribution in [0.4, 0.5) is 5.69 Å². The summed E-state index contributed by atoms with van der Waals surface area (Å²) in [5, 5.41) is 19.8. The van der Waals surface area contributed by atoms with Crippen LogP contribution in [0.1, 0.15) is 5.56 Å². The molecule has 2 aromatic rings. The minimum atomic E-state index is -0.545. The molecule has 7 nitrogen and oxygen atoms in total. The summed E-state index contributed by atoms with van der Waals surface area (Å²) in [6.07, 6.45) is 1.97. The lowest BCUT2D eigenvalue weighted by Crippen LogP contribution is -2.26. The Balaban J connectivity index is 0.00000242. The molecule has 3 N–H and O–H groups in total. The third-order valence-corrected chi connectivity index (χ3v) is 2.82. The van der Waals surface area contributed by atoms with E-state index >= 15 is 0 Å². The van der Waals surface area contributed by atoms with E-state index in [-0.39, 0.29) is 36.6 Å². The fraction of sp³-hybridized carbons (Fsp3) is 0.214. The third-order valence-electron chi connectivity index (χ3n) is 2.82. The number of ether oxygens (including phenoxy) is 1. The van der Waals surface area contributed by atoms with Crippen molar-refractivity contribution < 1.29 is 14.8 Å². The molecule has 118 valence electrons. The quantitative estimate of drug-likeness (QED) is 0.621. The molecule has 1 aromatic carbocycles. The molecule has 1 atom stereocenters. The van der Waals surface area contributed by atoms with E-state index in [1.807, 2.05) is 0 Å². The van der Waals surface area contributed by atoms with Gasteiger partial charge in [0.15, 0.2) is 0 Å². The molecule has 0 amide bonds. The van der Waals surface area contributed by atoms with Crippen LogP contribution in [-0.2, 0) is 6.42 Å². The Morgan fingerprint density at radius 2 is 2.00 bits per heavy atom. The summed E-state index contributed by atoms with van der Waals surface area (Å²) in [7, 11) is 0. The second-order valence-electron chi connectivity index (χ2n) is 4.48. The lowest BCUT2D eigenvalue weighted by molar-refractivity contribution is -0.386. The number of aromatic nitrogens is 1. The number of benzene rings is 1. The number of aliphatic hydroxyl groups is 1. The van der Waals surface area contributed by atoms with Crippen molar-refractivity contribution >= 4 is 18.1 Å². The minimum absolute atomic E-state index is 0. The lowest BCUT2D eigenvalue weighted by atomic mass is 10.1. The topological polar surface area (TPSA) is 112 Å².